The molecule has 0 spiro atoms. The standard InChI is InChI=1S/C31H41N5O4S/c1-6-8-28-22(4)33-30(41-28)10-9-24-18-26(36-11-14-39-15-12-36)20-29(34-24)32-21(3)23-16-25(19-27(17-23)38-5)35-31(37)40-13-7-2/h7,16-21H,2,6,8-15H2,1,3-5H3,(H,32,34)(H,35,37). The third-order valence-electron chi connectivity index (χ3n) is 6.86. The van der Waals surface area contributed by atoms with Gasteiger partial charge in [0, 0.05) is 53.6 Å². The molecule has 0 bridgehead atoms. The summed E-state index contributed by atoms with van der Waals surface area (Å²) in [6.45, 7) is 13.2. The van der Waals surface area contributed by atoms with E-state index >= 15 is 0 Å². The molecule has 1 amide bonds. The van der Waals surface area contributed by atoms with Crippen LogP contribution in [0.5, 0.6) is 5.75 Å². The minimum atomic E-state index is -0.550. The number of morpholine rings is 1. The van der Waals surface area contributed by atoms with E-state index in [0.717, 1.165) is 72.2 Å². The van der Waals surface area contributed by atoms with Gasteiger partial charge in [-0.1, -0.05) is 26.0 Å². The van der Waals surface area contributed by atoms with Crippen LogP contribution in [0.2, 0.25) is 0 Å². The molecule has 10 heteroatoms. The van der Waals surface area contributed by atoms with Crippen molar-refractivity contribution >= 4 is 34.6 Å². The Morgan fingerprint density at radius 1 is 1.17 bits per heavy atom. The van der Waals surface area contributed by atoms with Crippen molar-refractivity contribution in [1.82, 2.24) is 9.97 Å². The maximum Gasteiger partial charge on any atom is 0.411 e. The maximum atomic E-state index is 12.1. The Balaban J connectivity index is 1.54. The lowest BCUT2D eigenvalue weighted by atomic mass is 10.1. The van der Waals surface area contributed by atoms with Gasteiger partial charge in [0.25, 0.3) is 0 Å². The third kappa shape index (κ3) is 8.68. The van der Waals surface area contributed by atoms with Crippen molar-refractivity contribution in [2.45, 2.75) is 52.5 Å². The number of ether oxygens (including phenoxy) is 3. The van der Waals surface area contributed by atoms with Gasteiger partial charge in [-0.2, -0.15) is 0 Å². The van der Waals surface area contributed by atoms with Crippen LogP contribution in [0.4, 0.5) is 22.0 Å². The van der Waals surface area contributed by atoms with Crippen LogP contribution in [-0.2, 0) is 28.7 Å². The van der Waals surface area contributed by atoms with E-state index in [0.29, 0.717) is 24.7 Å². The van der Waals surface area contributed by atoms with Gasteiger partial charge in [-0.25, -0.2) is 14.8 Å². The van der Waals surface area contributed by atoms with E-state index < -0.39 is 6.09 Å². The summed E-state index contributed by atoms with van der Waals surface area (Å²) in [5.41, 5.74) is 4.82. The molecular weight excluding hydrogens is 538 g/mol. The highest BCUT2D eigenvalue weighted by Gasteiger charge is 2.17. The van der Waals surface area contributed by atoms with Crippen molar-refractivity contribution in [3.8, 4) is 5.75 Å². The first-order valence-corrected chi connectivity index (χ1v) is 15.0. The van der Waals surface area contributed by atoms with Crippen molar-refractivity contribution in [1.29, 1.82) is 0 Å². The van der Waals surface area contributed by atoms with Crippen LogP contribution in [0.15, 0.2) is 43.0 Å². The molecule has 1 unspecified atom stereocenters. The number of pyridine rings is 1. The van der Waals surface area contributed by atoms with Crippen LogP contribution in [0, 0.1) is 6.92 Å². The number of hydrogen-bond donors (Lipinski definition) is 2. The molecule has 41 heavy (non-hydrogen) atoms. The second-order valence-electron chi connectivity index (χ2n) is 10.0. The third-order valence-corrected chi connectivity index (χ3v) is 8.13. The lowest BCUT2D eigenvalue weighted by Crippen LogP contribution is -2.36. The second-order valence-corrected chi connectivity index (χ2v) is 11.2. The Kier molecular flexibility index (Phi) is 11.0. The molecule has 0 radical (unpaired) electrons. The number of benzene rings is 1. The maximum absolute atomic E-state index is 12.1. The van der Waals surface area contributed by atoms with Gasteiger partial charge >= 0.3 is 6.09 Å². The molecule has 3 aromatic rings. The van der Waals surface area contributed by atoms with Gasteiger partial charge in [-0.15, -0.1) is 11.3 Å². The van der Waals surface area contributed by atoms with Crippen LogP contribution in [0.3, 0.4) is 0 Å². The number of anilines is 3. The molecule has 1 aromatic carbocycles. The normalized spacial score (nSPS) is 13.9. The average Bonchev–Trinajstić information content (AvgIpc) is 3.34. The molecule has 1 saturated heterocycles. The molecule has 1 fully saturated rings. The summed E-state index contributed by atoms with van der Waals surface area (Å²) in [4.78, 5) is 25.7. The molecule has 220 valence electrons. The number of nitrogens with zero attached hydrogens (tertiary/aromatic N) is 3. The van der Waals surface area contributed by atoms with E-state index in [-0.39, 0.29) is 12.6 Å². The molecule has 1 aliphatic heterocycles. The van der Waals surface area contributed by atoms with E-state index in [9.17, 15) is 4.79 Å². The van der Waals surface area contributed by atoms with Crippen LogP contribution >= 0.6 is 11.3 Å². The summed E-state index contributed by atoms with van der Waals surface area (Å²) in [5, 5.41) is 7.50. The summed E-state index contributed by atoms with van der Waals surface area (Å²) in [6.07, 6.45) is 4.85. The molecule has 0 aliphatic carbocycles. The van der Waals surface area contributed by atoms with Gasteiger partial charge in [0.1, 0.15) is 18.2 Å². The van der Waals surface area contributed by atoms with E-state index in [1.165, 1.54) is 11.0 Å². The summed E-state index contributed by atoms with van der Waals surface area (Å²) < 4.78 is 16.2. The summed E-state index contributed by atoms with van der Waals surface area (Å²) >= 11 is 1.82. The SMILES string of the molecule is C=CCOC(=O)Nc1cc(OC)cc(C(C)Nc2cc(N3CCOCC3)cc(CCc3nc(C)c(CCC)s3)n2)c1. The molecular formula is C31H41N5O4S. The highest BCUT2D eigenvalue weighted by molar-refractivity contribution is 7.11. The van der Waals surface area contributed by atoms with E-state index in [1.54, 1.807) is 13.2 Å². The molecule has 1 atom stereocenters. The number of carbonyl (C=O) groups excluding carboxylic acids is 1. The average molecular weight is 580 g/mol. The van der Waals surface area contributed by atoms with Gasteiger partial charge in [0.2, 0.25) is 0 Å². The Morgan fingerprint density at radius 3 is 2.71 bits per heavy atom. The summed E-state index contributed by atoms with van der Waals surface area (Å²) in [7, 11) is 1.60. The van der Waals surface area contributed by atoms with Crippen LogP contribution in [0.1, 0.15) is 53.1 Å². The number of amides is 1. The molecule has 2 N–H and O–H groups in total. The predicted octanol–water partition coefficient (Wildman–Crippen LogP) is 6.34. The first-order valence-electron chi connectivity index (χ1n) is 14.2. The smallest absolute Gasteiger partial charge is 0.411 e. The summed E-state index contributed by atoms with van der Waals surface area (Å²) in [6, 6.07) is 9.78. The predicted molar refractivity (Wildman–Crippen MR) is 166 cm³/mol. The fourth-order valence-corrected chi connectivity index (χ4v) is 5.89. The fraction of sp³-hybridized carbons (Fsp3) is 0.452. The molecule has 4 rings (SSSR count). The van der Waals surface area contributed by atoms with Crippen LogP contribution in [-0.4, -0.2) is 56.1 Å². The summed E-state index contributed by atoms with van der Waals surface area (Å²) in [5.74, 6) is 1.42. The van der Waals surface area contributed by atoms with Crippen molar-refractivity contribution in [2.24, 2.45) is 0 Å². The van der Waals surface area contributed by atoms with Gasteiger partial charge in [-0.05, 0) is 50.5 Å². The van der Waals surface area contributed by atoms with Gasteiger partial charge in [-0.3, -0.25) is 5.32 Å². The van der Waals surface area contributed by atoms with Crippen molar-refractivity contribution < 1.29 is 19.0 Å². The van der Waals surface area contributed by atoms with Gasteiger partial charge < -0.3 is 24.4 Å². The molecule has 3 heterocycles. The number of thiazole rings is 1. The number of carbonyl (C=O) groups is 1. The first-order chi connectivity index (χ1) is 19.9. The zero-order valence-electron chi connectivity index (χ0n) is 24.5. The number of nitrogens with one attached hydrogen (secondary N) is 2. The Morgan fingerprint density at radius 2 is 1.98 bits per heavy atom. The van der Waals surface area contributed by atoms with Crippen molar-refractivity contribution in [2.75, 3.05) is 55.6 Å². The number of aryl methyl sites for hydroxylation is 4. The zero-order chi connectivity index (χ0) is 29.2. The molecule has 2 aromatic heterocycles. The Bertz CT molecular complexity index is 1320. The number of rotatable bonds is 13. The molecule has 0 saturated carbocycles. The number of methoxy groups -OCH3 is 1. The quantitative estimate of drug-likeness (QED) is 0.227. The van der Waals surface area contributed by atoms with Gasteiger partial charge in [0.15, 0.2) is 0 Å². The molecule has 9 nitrogen and oxygen atoms in total. The van der Waals surface area contributed by atoms with E-state index in [1.807, 2.05) is 23.5 Å². The van der Waals surface area contributed by atoms with Crippen molar-refractivity contribution in [3.05, 3.63) is 69.8 Å². The minimum absolute atomic E-state index is 0.117. The zero-order valence-corrected chi connectivity index (χ0v) is 25.3. The monoisotopic (exact) mass is 579 g/mol. The number of hydrogen-bond acceptors (Lipinski definition) is 9. The molecule has 1 aliphatic rings. The second kappa shape index (κ2) is 14.8. The largest absolute Gasteiger partial charge is 0.497 e. The van der Waals surface area contributed by atoms with Crippen LogP contribution < -0.4 is 20.3 Å². The fourth-order valence-electron chi connectivity index (χ4n) is 4.72. The minimum Gasteiger partial charge on any atom is -0.497 e. The number of aromatic nitrogens is 2. The lowest BCUT2D eigenvalue weighted by Gasteiger charge is -2.29. The van der Waals surface area contributed by atoms with Crippen molar-refractivity contribution in [3.63, 3.8) is 0 Å². The Hall–Kier alpha value is -3.63. The Labute approximate surface area is 246 Å². The lowest BCUT2D eigenvalue weighted by molar-refractivity contribution is 0.122. The van der Waals surface area contributed by atoms with E-state index in [4.69, 9.17) is 24.2 Å². The van der Waals surface area contributed by atoms with E-state index in [2.05, 4.69) is 55.0 Å². The van der Waals surface area contributed by atoms with Crippen LogP contribution in [0.25, 0.3) is 0 Å². The van der Waals surface area contributed by atoms with Gasteiger partial charge in [0.05, 0.1) is 37.1 Å². The topological polar surface area (TPSA) is 97.8 Å². The highest BCUT2D eigenvalue weighted by atomic mass is 32.1. The first kappa shape index (κ1) is 30.3. The highest BCUT2D eigenvalue weighted by Crippen LogP contribution is 2.29.